The zero-order valence-electron chi connectivity index (χ0n) is 17.8. The second kappa shape index (κ2) is 7.92. The summed E-state index contributed by atoms with van der Waals surface area (Å²) in [6.45, 7) is 4.90. The Morgan fingerprint density at radius 3 is 2.52 bits per heavy atom. The van der Waals surface area contributed by atoms with Crippen molar-refractivity contribution in [3.05, 3.63) is 64.1 Å². The molecular weight excluding hydrogens is 414 g/mol. The van der Waals surface area contributed by atoms with Crippen LogP contribution < -0.4 is 10.5 Å². The van der Waals surface area contributed by atoms with E-state index in [9.17, 15) is 18.0 Å². The molecule has 0 saturated carbocycles. The Bertz CT molecular complexity index is 1340. The number of aryl methyl sites for hydroxylation is 1. The van der Waals surface area contributed by atoms with Gasteiger partial charge in [-0.25, -0.2) is 13.1 Å². The van der Waals surface area contributed by atoms with Crippen molar-refractivity contribution in [1.29, 1.82) is 0 Å². The molecule has 1 aliphatic heterocycles. The Hall–Kier alpha value is -3.00. The van der Waals surface area contributed by atoms with Gasteiger partial charge in [0.05, 0.1) is 10.3 Å². The van der Waals surface area contributed by atoms with Crippen molar-refractivity contribution in [2.75, 3.05) is 17.7 Å². The number of benzene rings is 2. The van der Waals surface area contributed by atoms with Crippen molar-refractivity contribution in [3.63, 3.8) is 0 Å². The highest BCUT2D eigenvalue weighted by Gasteiger charge is 2.28. The first-order valence-corrected chi connectivity index (χ1v) is 12.2. The summed E-state index contributed by atoms with van der Waals surface area (Å²) in [5, 5.41) is 5.45. The van der Waals surface area contributed by atoms with Crippen LogP contribution in [0.3, 0.4) is 0 Å². The van der Waals surface area contributed by atoms with E-state index in [4.69, 9.17) is 0 Å². The number of rotatable bonds is 4. The van der Waals surface area contributed by atoms with E-state index in [0.717, 1.165) is 12.0 Å². The number of sulfone groups is 1. The number of aromatic nitrogens is 2. The zero-order chi connectivity index (χ0) is 22.3. The molecule has 0 atom stereocenters. The lowest BCUT2D eigenvalue weighted by Crippen LogP contribution is -2.38. The summed E-state index contributed by atoms with van der Waals surface area (Å²) < 4.78 is 25.2. The van der Waals surface area contributed by atoms with Crippen molar-refractivity contribution in [2.24, 2.45) is 5.92 Å². The van der Waals surface area contributed by atoms with Crippen LogP contribution in [0.15, 0.2) is 52.2 Å². The number of amides is 1. The second-order valence-electron chi connectivity index (χ2n) is 8.40. The highest BCUT2D eigenvalue weighted by molar-refractivity contribution is 7.90. The van der Waals surface area contributed by atoms with Gasteiger partial charge in [0.15, 0.2) is 15.5 Å². The van der Waals surface area contributed by atoms with Crippen LogP contribution in [0.25, 0.3) is 10.8 Å². The molecule has 2 aromatic carbocycles. The maximum absolute atomic E-state index is 13.6. The minimum absolute atomic E-state index is 0.194. The van der Waals surface area contributed by atoms with Gasteiger partial charge >= 0.3 is 0 Å². The first-order chi connectivity index (χ1) is 14.7. The number of fused-ring (bicyclic) bond motifs is 2. The van der Waals surface area contributed by atoms with Crippen LogP contribution in [0.5, 0.6) is 0 Å². The van der Waals surface area contributed by atoms with Crippen LogP contribution in [-0.4, -0.2) is 36.9 Å². The number of hydrogen-bond donors (Lipinski definition) is 0. The summed E-state index contributed by atoms with van der Waals surface area (Å²) in [6.07, 6.45) is 2.59. The molecule has 4 rings (SSSR count). The summed E-state index contributed by atoms with van der Waals surface area (Å²) in [4.78, 5) is 28.4. The van der Waals surface area contributed by atoms with Crippen LogP contribution in [0.4, 0.5) is 5.69 Å². The zero-order valence-corrected chi connectivity index (χ0v) is 18.6. The van der Waals surface area contributed by atoms with Gasteiger partial charge in [0.1, 0.15) is 0 Å². The van der Waals surface area contributed by atoms with Crippen molar-refractivity contribution in [2.45, 2.75) is 38.1 Å². The molecule has 0 unspecified atom stereocenters. The largest absolute Gasteiger partial charge is 0.307 e. The maximum atomic E-state index is 13.6. The SMILES string of the molecule is CC(C)Cn1nc(C(=O)N2CCCc3cc(S(C)(=O)=O)ccc32)c2ccccc2c1=O. The van der Waals surface area contributed by atoms with E-state index in [2.05, 4.69) is 5.10 Å². The van der Waals surface area contributed by atoms with Gasteiger partial charge in [-0.2, -0.15) is 5.10 Å². The third kappa shape index (κ3) is 3.99. The lowest BCUT2D eigenvalue weighted by Gasteiger charge is -2.30. The Morgan fingerprint density at radius 1 is 1.13 bits per heavy atom. The molecule has 0 saturated heterocycles. The van der Waals surface area contributed by atoms with E-state index in [1.54, 1.807) is 41.3 Å². The molecule has 0 bridgehead atoms. The van der Waals surface area contributed by atoms with Crippen molar-refractivity contribution < 1.29 is 13.2 Å². The number of anilines is 1. The van der Waals surface area contributed by atoms with Crippen LogP contribution >= 0.6 is 0 Å². The molecule has 0 aliphatic carbocycles. The van der Waals surface area contributed by atoms with Gasteiger partial charge in [0, 0.05) is 30.4 Å². The predicted molar refractivity (Wildman–Crippen MR) is 120 cm³/mol. The molecule has 1 aromatic heterocycles. The summed E-state index contributed by atoms with van der Waals surface area (Å²) in [7, 11) is -3.33. The van der Waals surface area contributed by atoms with Crippen molar-refractivity contribution in [3.8, 4) is 0 Å². The average molecular weight is 440 g/mol. The van der Waals surface area contributed by atoms with E-state index in [1.165, 1.54) is 17.0 Å². The van der Waals surface area contributed by atoms with E-state index < -0.39 is 9.84 Å². The number of nitrogens with zero attached hydrogens (tertiary/aromatic N) is 3. The van der Waals surface area contributed by atoms with Crippen LogP contribution in [0, 0.1) is 5.92 Å². The van der Waals surface area contributed by atoms with Gasteiger partial charge in [-0.05, 0) is 48.6 Å². The van der Waals surface area contributed by atoms with E-state index in [1.807, 2.05) is 13.8 Å². The summed E-state index contributed by atoms with van der Waals surface area (Å²) in [5.41, 5.74) is 1.53. The fourth-order valence-corrected chi connectivity index (χ4v) is 4.68. The van der Waals surface area contributed by atoms with Gasteiger partial charge in [-0.3, -0.25) is 9.59 Å². The molecule has 1 amide bonds. The first-order valence-electron chi connectivity index (χ1n) is 10.3. The van der Waals surface area contributed by atoms with E-state index >= 15 is 0 Å². The Labute approximate surface area is 181 Å². The fraction of sp³-hybridized carbons (Fsp3) is 0.348. The van der Waals surface area contributed by atoms with E-state index in [-0.39, 0.29) is 28.0 Å². The maximum Gasteiger partial charge on any atom is 0.279 e. The number of carbonyl (C=O) groups is 1. The predicted octanol–water partition coefficient (Wildman–Crippen LogP) is 3.05. The molecule has 8 heteroatoms. The third-order valence-corrected chi connectivity index (χ3v) is 6.56. The molecule has 3 aromatic rings. The van der Waals surface area contributed by atoms with E-state index in [0.29, 0.717) is 36.0 Å². The summed E-state index contributed by atoms with van der Waals surface area (Å²) in [5.74, 6) is -0.0961. The Kier molecular flexibility index (Phi) is 5.43. The normalized spacial score (nSPS) is 14.1. The van der Waals surface area contributed by atoms with Crippen molar-refractivity contribution in [1.82, 2.24) is 9.78 Å². The topological polar surface area (TPSA) is 89.3 Å². The Balaban J connectivity index is 1.85. The van der Waals surface area contributed by atoms with Crippen LogP contribution in [-0.2, 0) is 22.8 Å². The number of carbonyl (C=O) groups excluding carboxylic acids is 1. The average Bonchev–Trinajstić information content (AvgIpc) is 2.73. The number of hydrogen-bond acceptors (Lipinski definition) is 5. The minimum atomic E-state index is -3.33. The molecule has 1 aliphatic rings. The van der Waals surface area contributed by atoms with Crippen LogP contribution in [0.2, 0.25) is 0 Å². The molecule has 0 N–H and O–H groups in total. The lowest BCUT2D eigenvalue weighted by atomic mass is 10.0. The third-order valence-electron chi connectivity index (χ3n) is 5.45. The molecule has 0 fully saturated rings. The Morgan fingerprint density at radius 2 is 1.84 bits per heavy atom. The second-order valence-corrected chi connectivity index (χ2v) is 10.4. The van der Waals surface area contributed by atoms with Gasteiger partial charge in [0.2, 0.25) is 0 Å². The quantitative estimate of drug-likeness (QED) is 0.623. The molecule has 31 heavy (non-hydrogen) atoms. The smallest absolute Gasteiger partial charge is 0.279 e. The lowest BCUT2D eigenvalue weighted by molar-refractivity contribution is 0.0979. The first kappa shape index (κ1) is 21.2. The highest BCUT2D eigenvalue weighted by atomic mass is 32.2. The standard InChI is InChI=1S/C23H25N3O4S/c1-15(2)14-26-22(27)19-9-5-4-8-18(19)21(24-26)23(28)25-12-6-7-16-13-17(31(3,29)30)10-11-20(16)25/h4-5,8-11,13,15H,6-7,12,14H2,1-3H3. The molecular formula is C23H25N3O4S. The molecule has 0 radical (unpaired) electrons. The summed E-state index contributed by atoms with van der Waals surface area (Å²) in [6, 6.07) is 11.9. The van der Waals surface area contributed by atoms with Gasteiger partial charge < -0.3 is 4.90 Å². The van der Waals surface area contributed by atoms with Gasteiger partial charge in [-0.15, -0.1) is 0 Å². The molecule has 7 nitrogen and oxygen atoms in total. The minimum Gasteiger partial charge on any atom is -0.307 e. The highest BCUT2D eigenvalue weighted by Crippen LogP contribution is 2.31. The molecule has 162 valence electrons. The van der Waals surface area contributed by atoms with Gasteiger partial charge in [-0.1, -0.05) is 32.0 Å². The fourth-order valence-electron chi connectivity index (χ4n) is 4.01. The molecule has 0 spiro atoms. The van der Waals surface area contributed by atoms with Crippen LogP contribution in [0.1, 0.15) is 36.3 Å². The molecule has 2 heterocycles. The van der Waals surface area contributed by atoms with Crippen molar-refractivity contribution >= 4 is 32.2 Å². The monoisotopic (exact) mass is 439 g/mol. The summed E-state index contributed by atoms with van der Waals surface area (Å²) >= 11 is 0. The van der Waals surface area contributed by atoms with Gasteiger partial charge in [0.25, 0.3) is 11.5 Å².